The standard InChI is InChI=1S/C15H24N2O3/c18-14(11-4-5-12(9-11)15(19)20)17-8-2-7-16-6-1-3-13(16)10-17/h11-13H,1-10H2,(H,19,20)/t11-,12+,13?/m1/s1. The van der Waals surface area contributed by atoms with E-state index in [0.717, 1.165) is 32.5 Å². The molecule has 112 valence electrons. The minimum Gasteiger partial charge on any atom is -0.481 e. The number of carboxylic acids is 1. The van der Waals surface area contributed by atoms with E-state index >= 15 is 0 Å². The summed E-state index contributed by atoms with van der Waals surface area (Å²) in [6.07, 6.45) is 5.45. The fourth-order valence-electron chi connectivity index (χ4n) is 4.10. The molecule has 5 heteroatoms. The van der Waals surface area contributed by atoms with E-state index in [-0.39, 0.29) is 17.7 Å². The van der Waals surface area contributed by atoms with Gasteiger partial charge in [-0.1, -0.05) is 0 Å². The van der Waals surface area contributed by atoms with E-state index in [1.807, 2.05) is 4.90 Å². The molecule has 1 amide bonds. The molecule has 1 aliphatic carbocycles. The quantitative estimate of drug-likeness (QED) is 0.825. The highest BCUT2D eigenvalue weighted by atomic mass is 16.4. The van der Waals surface area contributed by atoms with Crippen molar-refractivity contribution in [1.29, 1.82) is 0 Å². The smallest absolute Gasteiger partial charge is 0.306 e. The first-order valence-electron chi connectivity index (χ1n) is 7.91. The largest absolute Gasteiger partial charge is 0.481 e. The van der Waals surface area contributed by atoms with Gasteiger partial charge in [-0.05, 0) is 45.1 Å². The van der Waals surface area contributed by atoms with E-state index < -0.39 is 5.97 Å². The number of nitrogens with zero attached hydrogens (tertiary/aromatic N) is 2. The number of aliphatic carboxylic acids is 1. The van der Waals surface area contributed by atoms with Crippen LogP contribution in [0.25, 0.3) is 0 Å². The number of carbonyl (C=O) groups excluding carboxylic acids is 1. The molecule has 3 rings (SSSR count). The molecular weight excluding hydrogens is 256 g/mol. The average Bonchev–Trinajstić information content (AvgIpc) is 3.03. The first-order chi connectivity index (χ1) is 9.65. The predicted octanol–water partition coefficient (Wildman–Crippen LogP) is 1.18. The summed E-state index contributed by atoms with van der Waals surface area (Å²) in [5.74, 6) is -0.886. The fourth-order valence-corrected chi connectivity index (χ4v) is 4.10. The van der Waals surface area contributed by atoms with Gasteiger partial charge in [-0.25, -0.2) is 0 Å². The summed E-state index contributed by atoms with van der Waals surface area (Å²) in [6, 6.07) is 0.540. The Morgan fingerprint density at radius 3 is 2.45 bits per heavy atom. The molecule has 5 nitrogen and oxygen atoms in total. The number of carbonyl (C=O) groups is 2. The third-order valence-corrected chi connectivity index (χ3v) is 5.25. The Bertz CT molecular complexity index is 399. The lowest BCUT2D eigenvalue weighted by Crippen LogP contribution is -2.42. The molecule has 1 N–H and O–H groups in total. The monoisotopic (exact) mass is 280 g/mol. The number of hydrogen-bond donors (Lipinski definition) is 1. The number of amides is 1. The molecule has 2 saturated heterocycles. The zero-order chi connectivity index (χ0) is 14.1. The Balaban J connectivity index is 1.60. The average molecular weight is 280 g/mol. The number of fused-ring (bicyclic) bond motifs is 1. The van der Waals surface area contributed by atoms with Crippen molar-refractivity contribution in [2.24, 2.45) is 11.8 Å². The molecule has 3 aliphatic rings. The molecule has 0 aromatic carbocycles. The van der Waals surface area contributed by atoms with Crippen molar-refractivity contribution in [3.05, 3.63) is 0 Å². The summed E-state index contributed by atoms with van der Waals surface area (Å²) in [6.45, 7) is 3.99. The summed E-state index contributed by atoms with van der Waals surface area (Å²) in [7, 11) is 0. The zero-order valence-corrected chi connectivity index (χ0v) is 12.0. The van der Waals surface area contributed by atoms with Gasteiger partial charge in [-0.3, -0.25) is 14.5 Å². The molecule has 0 aromatic heterocycles. The van der Waals surface area contributed by atoms with Crippen LogP contribution in [0.3, 0.4) is 0 Å². The van der Waals surface area contributed by atoms with Crippen LogP contribution in [-0.4, -0.2) is 59.0 Å². The van der Waals surface area contributed by atoms with Gasteiger partial charge >= 0.3 is 5.97 Å². The van der Waals surface area contributed by atoms with Gasteiger partial charge in [0.15, 0.2) is 0 Å². The maximum Gasteiger partial charge on any atom is 0.306 e. The lowest BCUT2D eigenvalue weighted by Gasteiger charge is -2.27. The van der Waals surface area contributed by atoms with E-state index in [2.05, 4.69) is 4.90 Å². The van der Waals surface area contributed by atoms with Crippen LogP contribution in [0.5, 0.6) is 0 Å². The topological polar surface area (TPSA) is 60.9 Å². The number of rotatable bonds is 2. The van der Waals surface area contributed by atoms with E-state index in [1.165, 1.54) is 19.4 Å². The van der Waals surface area contributed by atoms with Crippen molar-refractivity contribution in [3.8, 4) is 0 Å². The van der Waals surface area contributed by atoms with Gasteiger partial charge < -0.3 is 10.0 Å². The van der Waals surface area contributed by atoms with Crippen molar-refractivity contribution in [2.45, 2.75) is 44.6 Å². The molecule has 1 saturated carbocycles. The summed E-state index contributed by atoms with van der Waals surface area (Å²) in [4.78, 5) is 28.2. The van der Waals surface area contributed by atoms with Crippen molar-refractivity contribution in [3.63, 3.8) is 0 Å². The van der Waals surface area contributed by atoms with Crippen LogP contribution in [0, 0.1) is 11.8 Å². The Labute approximate surface area is 119 Å². The highest BCUT2D eigenvalue weighted by molar-refractivity contribution is 5.81. The van der Waals surface area contributed by atoms with Crippen molar-refractivity contribution < 1.29 is 14.7 Å². The lowest BCUT2D eigenvalue weighted by molar-refractivity contribution is -0.141. The minimum atomic E-state index is -0.738. The maximum atomic E-state index is 12.6. The van der Waals surface area contributed by atoms with Gasteiger partial charge in [0.2, 0.25) is 5.91 Å². The van der Waals surface area contributed by atoms with Crippen LogP contribution in [-0.2, 0) is 9.59 Å². The predicted molar refractivity (Wildman–Crippen MR) is 74.3 cm³/mol. The van der Waals surface area contributed by atoms with Crippen molar-refractivity contribution in [1.82, 2.24) is 9.80 Å². The van der Waals surface area contributed by atoms with Crippen LogP contribution >= 0.6 is 0 Å². The molecule has 20 heavy (non-hydrogen) atoms. The molecule has 0 bridgehead atoms. The Morgan fingerprint density at radius 1 is 0.950 bits per heavy atom. The molecule has 3 atom stereocenters. The first-order valence-corrected chi connectivity index (χ1v) is 7.91. The maximum absolute atomic E-state index is 12.6. The van der Waals surface area contributed by atoms with Crippen LogP contribution in [0.2, 0.25) is 0 Å². The molecule has 2 aliphatic heterocycles. The molecular formula is C15H24N2O3. The van der Waals surface area contributed by atoms with E-state index in [4.69, 9.17) is 5.11 Å². The van der Waals surface area contributed by atoms with Crippen molar-refractivity contribution >= 4 is 11.9 Å². The molecule has 2 heterocycles. The van der Waals surface area contributed by atoms with E-state index in [1.54, 1.807) is 0 Å². The Morgan fingerprint density at radius 2 is 1.70 bits per heavy atom. The molecule has 0 aromatic rings. The first kappa shape index (κ1) is 13.9. The van der Waals surface area contributed by atoms with Gasteiger partial charge in [-0.2, -0.15) is 0 Å². The third-order valence-electron chi connectivity index (χ3n) is 5.25. The molecule has 1 unspecified atom stereocenters. The van der Waals surface area contributed by atoms with Crippen LogP contribution in [0.15, 0.2) is 0 Å². The second-order valence-corrected chi connectivity index (χ2v) is 6.51. The Kier molecular flexibility index (Phi) is 3.96. The third kappa shape index (κ3) is 2.68. The molecule has 3 fully saturated rings. The van der Waals surface area contributed by atoms with E-state index in [0.29, 0.717) is 18.9 Å². The zero-order valence-electron chi connectivity index (χ0n) is 12.0. The minimum absolute atomic E-state index is 0.0518. The molecule has 0 spiro atoms. The van der Waals surface area contributed by atoms with Gasteiger partial charge in [0, 0.05) is 31.6 Å². The Hall–Kier alpha value is -1.10. The SMILES string of the molecule is O=C(O)[C@H]1CC[C@@H](C(=O)N2CCCN3CCCC3C2)C1. The highest BCUT2D eigenvalue weighted by Crippen LogP contribution is 2.33. The van der Waals surface area contributed by atoms with Gasteiger partial charge in [0.25, 0.3) is 0 Å². The highest BCUT2D eigenvalue weighted by Gasteiger charge is 2.38. The van der Waals surface area contributed by atoms with Gasteiger partial charge in [0.1, 0.15) is 0 Å². The fraction of sp³-hybridized carbons (Fsp3) is 0.867. The summed E-state index contributed by atoms with van der Waals surface area (Å²) >= 11 is 0. The number of hydrogen-bond acceptors (Lipinski definition) is 3. The van der Waals surface area contributed by atoms with Gasteiger partial charge in [-0.15, -0.1) is 0 Å². The second-order valence-electron chi connectivity index (χ2n) is 6.51. The molecule has 0 radical (unpaired) electrons. The lowest BCUT2D eigenvalue weighted by atomic mass is 10.0. The van der Waals surface area contributed by atoms with Crippen LogP contribution in [0.1, 0.15) is 38.5 Å². The summed E-state index contributed by atoms with van der Waals surface area (Å²) < 4.78 is 0. The van der Waals surface area contributed by atoms with Gasteiger partial charge in [0.05, 0.1) is 5.92 Å². The van der Waals surface area contributed by atoms with Crippen molar-refractivity contribution in [2.75, 3.05) is 26.2 Å². The van der Waals surface area contributed by atoms with Crippen LogP contribution < -0.4 is 0 Å². The summed E-state index contributed by atoms with van der Waals surface area (Å²) in [5, 5.41) is 9.06. The van der Waals surface area contributed by atoms with Crippen LogP contribution in [0.4, 0.5) is 0 Å². The number of carboxylic acid groups (broad SMARTS) is 1. The second kappa shape index (κ2) is 5.72. The summed E-state index contributed by atoms with van der Waals surface area (Å²) in [5.41, 5.74) is 0. The van der Waals surface area contributed by atoms with E-state index in [9.17, 15) is 9.59 Å². The normalized spacial score (nSPS) is 34.8.